The molecular formula is C22H12ClN3O3. The van der Waals surface area contributed by atoms with Crippen molar-refractivity contribution in [3.05, 3.63) is 57.8 Å². The van der Waals surface area contributed by atoms with Gasteiger partial charge in [0, 0.05) is 22.9 Å². The summed E-state index contributed by atoms with van der Waals surface area (Å²) in [5.41, 5.74) is 1.08. The maximum absolute atomic E-state index is 13.1. The SMILES string of the molecule is N#CC1=C(C#N)C(=O)C(c2c(C3=CC(=O)CCC3)[nH]c3ccccc23)=C(Cl)C1=O. The lowest BCUT2D eigenvalue weighted by Crippen LogP contribution is -2.21. The van der Waals surface area contributed by atoms with Crippen molar-refractivity contribution in [2.24, 2.45) is 0 Å². The van der Waals surface area contributed by atoms with E-state index in [1.54, 1.807) is 30.3 Å². The van der Waals surface area contributed by atoms with Crippen LogP contribution in [0.25, 0.3) is 22.0 Å². The summed E-state index contributed by atoms with van der Waals surface area (Å²) < 4.78 is 0. The molecule has 0 radical (unpaired) electrons. The van der Waals surface area contributed by atoms with Crippen LogP contribution in [0.2, 0.25) is 0 Å². The average Bonchev–Trinajstić information content (AvgIpc) is 3.10. The number of allylic oxidation sites excluding steroid dienone is 6. The van der Waals surface area contributed by atoms with Gasteiger partial charge in [-0.15, -0.1) is 0 Å². The normalized spacial score (nSPS) is 17.5. The molecule has 0 bridgehead atoms. The molecular weight excluding hydrogens is 390 g/mol. The maximum atomic E-state index is 13.1. The number of nitrogens with one attached hydrogen (secondary N) is 1. The first-order valence-corrected chi connectivity index (χ1v) is 9.24. The summed E-state index contributed by atoms with van der Waals surface area (Å²) in [6.45, 7) is 0. The highest BCUT2D eigenvalue weighted by atomic mass is 35.5. The highest BCUT2D eigenvalue weighted by molar-refractivity contribution is 6.57. The molecule has 29 heavy (non-hydrogen) atoms. The van der Waals surface area contributed by atoms with Crippen LogP contribution in [-0.4, -0.2) is 22.3 Å². The number of ketones is 3. The first-order valence-electron chi connectivity index (χ1n) is 8.86. The fraction of sp³-hybridized carbons (Fsp3) is 0.136. The molecule has 0 saturated carbocycles. The van der Waals surface area contributed by atoms with Crippen molar-refractivity contribution >= 4 is 51.0 Å². The molecule has 1 aromatic heterocycles. The van der Waals surface area contributed by atoms with Crippen LogP contribution in [0.3, 0.4) is 0 Å². The zero-order valence-electron chi connectivity index (χ0n) is 15.0. The van der Waals surface area contributed by atoms with Crippen molar-refractivity contribution in [1.29, 1.82) is 10.5 Å². The Hall–Kier alpha value is -3.74. The molecule has 0 fully saturated rings. The zero-order valence-corrected chi connectivity index (χ0v) is 15.8. The lowest BCUT2D eigenvalue weighted by molar-refractivity contribution is -0.115. The van der Waals surface area contributed by atoms with Gasteiger partial charge in [-0.2, -0.15) is 10.5 Å². The summed E-state index contributed by atoms with van der Waals surface area (Å²) >= 11 is 6.27. The highest BCUT2D eigenvalue weighted by Gasteiger charge is 2.37. The van der Waals surface area contributed by atoms with Gasteiger partial charge >= 0.3 is 0 Å². The Morgan fingerprint density at radius 3 is 2.34 bits per heavy atom. The van der Waals surface area contributed by atoms with Crippen molar-refractivity contribution in [3.63, 3.8) is 0 Å². The first kappa shape index (κ1) is 18.6. The molecule has 0 atom stereocenters. The number of rotatable bonds is 2. The van der Waals surface area contributed by atoms with Crippen molar-refractivity contribution < 1.29 is 14.4 Å². The third-order valence-electron chi connectivity index (χ3n) is 5.06. The molecule has 0 aliphatic heterocycles. The Morgan fingerprint density at radius 1 is 0.966 bits per heavy atom. The predicted molar refractivity (Wildman–Crippen MR) is 106 cm³/mol. The molecule has 4 rings (SSSR count). The fourth-order valence-electron chi connectivity index (χ4n) is 3.74. The minimum Gasteiger partial charge on any atom is -0.354 e. The van der Waals surface area contributed by atoms with Crippen molar-refractivity contribution in [2.45, 2.75) is 19.3 Å². The second-order valence-corrected chi connectivity index (χ2v) is 7.11. The molecule has 140 valence electrons. The summed E-state index contributed by atoms with van der Waals surface area (Å²) in [5, 5.41) is 18.8. The Morgan fingerprint density at radius 2 is 1.66 bits per heavy atom. The quantitative estimate of drug-likeness (QED) is 0.769. The lowest BCUT2D eigenvalue weighted by atomic mass is 9.84. The number of carbonyl (C=O) groups is 3. The maximum Gasteiger partial charge on any atom is 0.217 e. The summed E-state index contributed by atoms with van der Waals surface area (Å²) in [6, 6.07) is 10.4. The smallest absolute Gasteiger partial charge is 0.217 e. The molecule has 7 heteroatoms. The molecule has 2 aliphatic carbocycles. The predicted octanol–water partition coefficient (Wildman–Crippen LogP) is 3.75. The first-order chi connectivity index (χ1) is 14.0. The standard InChI is InChI=1S/C22H12ClN3O3/c23-19-18(21(28)14(9-24)15(10-25)22(19)29)17-13-6-1-2-7-16(13)26-20(17)11-4-3-5-12(27)8-11/h1-2,6-8,26H,3-5H2. The second-order valence-electron chi connectivity index (χ2n) is 6.73. The van der Waals surface area contributed by atoms with Gasteiger partial charge in [0.05, 0.1) is 11.3 Å². The van der Waals surface area contributed by atoms with Gasteiger partial charge < -0.3 is 4.98 Å². The van der Waals surface area contributed by atoms with Gasteiger partial charge in [0.25, 0.3) is 0 Å². The van der Waals surface area contributed by atoms with E-state index in [0.717, 1.165) is 0 Å². The number of fused-ring (bicyclic) bond motifs is 1. The summed E-state index contributed by atoms with van der Waals surface area (Å²) in [5.74, 6) is -1.65. The van der Waals surface area contributed by atoms with Gasteiger partial charge in [-0.05, 0) is 30.6 Å². The summed E-state index contributed by atoms with van der Waals surface area (Å²) in [7, 11) is 0. The fourth-order valence-corrected chi connectivity index (χ4v) is 4.02. The number of aromatic amines is 1. The summed E-state index contributed by atoms with van der Waals surface area (Å²) in [6.07, 6.45) is 3.26. The molecule has 2 aliphatic rings. The van der Waals surface area contributed by atoms with E-state index < -0.39 is 27.7 Å². The minimum atomic E-state index is -0.856. The minimum absolute atomic E-state index is 0.0219. The van der Waals surface area contributed by atoms with Crippen LogP contribution in [0.5, 0.6) is 0 Å². The number of halogens is 1. The molecule has 1 N–H and O–H groups in total. The van der Waals surface area contributed by atoms with Crippen LogP contribution in [0.15, 0.2) is 46.5 Å². The average molecular weight is 402 g/mol. The van der Waals surface area contributed by atoms with E-state index in [4.69, 9.17) is 11.6 Å². The number of nitriles is 2. The van der Waals surface area contributed by atoms with Crippen molar-refractivity contribution in [2.75, 3.05) is 0 Å². The Labute approximate surface area is 170 Å². The third kappa shape index (κ3) is 2.82. The topological polar surface area (TPSA) is 115 Å². The van der Waals surface area contributed by atoms with Crippen LogP contribution >= 0.6 is 11.6 Å². The number of para-hydroxylation sites is 1. The molecule has 2 aromatic rings. The number of hydrogen-bond donors (Lipinski definition) is 1. The Kier molecular flexibility index (Phi) is 4.50. The van der Waals surface area contributed by atoms with E-state index in [1.165, 1.54) is 6.08 Å². The van der Waals surface area contributed by atoms with Gasteiger partial charge in [0.15, 0.2) is 5.78 Å². The van der Waals surface area contributed by atoms with E-state index in [1.807, 2.05) is 6.07 Å². The van der Waals surface area contributed by atoms with E-state index >= 15 is 0 Å². The number of Topliss-reactive ketones (excluding diaryl/α,β-unsaturated/α-hetero) is 2. The van der Waals surface area contributed by atoms with E-state index in [0.29, 0.717) is 47.0 Å². The molecule has 0 amide bonds. The van der Waals surface area contributed by atoms with Crippen molar-refractivity contribution in [3.8, 4) is 12.1 Å². The van der Waals surface area contributed by atoms with Crippen LogP contribution in [0.4, 0.5) is 0 Å². The molecule has 0 saturated heterocycles. The Balaban J connectivity index is 2.06. The second kappa shape index (κ2) is 7.01. The number of carbonyl (C=O) groups excluding carboxylic acids is 3. The van der Waals surface area contributed by atoms with E-state index in [2.05, 4.69) is 4.98 Å². The van der Waals surface area contributed by atoms with Crippen LogP contribution < -0.4 is 0 Å². The van der Waals surface area contributed by atoms with E-state index in [-0.39, 0.29) is 11.4 Å². The number of H-pyrrole nitrogens is 1. The lowest BCUT2D eigenvalue weighted by Gasteiger charge is -2.18. The number of hydrogen-bond acceptors (Lipinski definition) is 5. The van der Waals surface area contributed by atoms with Gasteiger partial charge in [-0.1, -0.05) is 29.8 Å². The Bertz CT molecular complexity index is 1310. The van der Waals surface area contributed by atoms with Crippen LogP contribution in [0, 0.1) is 22.7 Å². The molecule has 6 nitrogen and oxygen atoms in total. The van der Waals surface area contributed by atoms with Gasteiger partial charge in [-0.3, -0.25) is 14.4 Å². The van der Waals surface area contributed by atoms with Gasteiger partial charge in [-0.25, -0.2) is 0 Å². The van der Waals surface area contributed by atoms with Crippen LogP contribution in [-0.2, 0) is 14.4 Å². The van der Waals surface area contributed by atoms with Gasteiger partial charge in [0.1, 0.15) is 28.3 Å². The number of aromatic nitrogens is 1. The zero-order chi connectivity index (χ0) is 20.7. The van der Waals surface area contributed by atoms with Gasteiger partial charge in [0.2, 0.25) is 11.6 Å². The number of nitrogens with zero attached hydrogens (tertiary/aromatic N) is 2. The highest BCUT2D eigenvalue weighted by Crippen LogP contribution is 2.41. The monoisotopic (exact) mass is 401 g/mol. The molecule has 0 spiro atoms. The largest absolute Gasteiger partial charge is 0.354 e. The third-order valence-corrected chi connectivity index (χ3v) is 5.42. The number of benzene rings is 1. The molecule has 1 heterocycles. The van der Waals surface area contributed by atoms with Crippen molar-refractivity contribution in [1.82, 2.24) is 4.98 Å². The molecule has 0 unspecified atom stereocenters. The molecule has 1 aromatic carbocycles. The van der Waals surface area contributed by atoms with Crippen LogP contribution in [0.1, 0.15) is 30.5 Å². The van der Waals surface area contributed by atoms with E-state index in [9.17, 15) is 24.9 Å². The summed E-state index contributed by atoms with van der Waals surface area (Å²) in [4.78, 5) is 40.9.